The Bertz CT molecular complexity index is 351. The van der Waals surface area contributed by atoms with Crippen LogP contribution in [-0.4, -0.2) is 13.2 Å². The molecule has 0 fully saturated rings. The molecule has 0 heterocycles. The van der Waals surface area contributed by atoms with E-state index in [1.165, 1.54) is 5.56 Å². The van der Waals surface area contributed by atoms with Crippen LogP contribution in [0, 0.1) is 5.41 Å². The van der Waals surface area contributed by atoms with E-state index in [0.717, 1.165) is 31.7 Å². The molecular formula is C17H29NO. The van der Waals surface area contributed by atoms with Crippen molar-refractivity contribution in [2.75, 3.05) is 13.2 Å². The van der Waals surface area contributed by atoms with E-state index < -0.39 is 0 Å². The number of hydrogen-bond acceptors (Lipinski definition) is 2. The molecule has 2 heteroatoms. The van der Waals surface area contributed by atoms with Gasteiger partial charge in [-0.25, -0.2) is 0 Å². The van der Waals surface area contributed by atoms with Crippen molar-refractivity contribution in [1.29, 1.82) is 0 Å². The van der Waals surface area contributed by atoms with Gasteiger partial charge in [-0.05, 0) is 42.5 Å². The lowest BCUT2D eigenvalue weighted by atomic mass is 9.93. The quantitative estimate of drug-likeness (QED) is 0.778. The zero-order chi connectivity index (χ0) is 14.3. The molecule has 2 nitrogen and oxygen atoms in total. The molecule has 1 aromatic rings. The SMILES string of the molecule is CCNC(CC)c1ccc(OCCC(C)(C)C)cc1. The molecule has 1 unspecified atom stereocenters. The van der Waals surface area contributed by atoms with Gasteiger partial charge in [0.2, 0.25) is 0 Å². The van der Waals surface area contributed by atoms with E-state index in [4.69, 9.17) is 4.74 Å². The summed E-state index contributed by atoms with van der Waals surface area (Å²) in [5.41, 5.74) is 1.67. The fourth-order valence-electron chi connectivity index (χ4n) is 2.02. The molecule has 1 aromatic carbocycles. The highest BCUT2D eigenvalue weighted by Gasteiger charge is 2.10. The summed E-state index contributed by atoms with van der Waals surface area (Å²) in [7, 11) is 0. The predicted octanol–water partition coefficient (Wildman–Crippen LogP) is 4.56. The van der Waals surface area contributed by atoms with E-state index in [2.05, 4.69) is 64.2 Å². The highest BCUT2D eigenvalue weighted by molar-refractivity contribution is 5.29. The van der Waals surface area contributed by atoms with Gasteiger partial charge in [-0.1, -0.05) is 46.8 Å². The normalized spacial score (nSPS) is 13.3. The van der Waals surface area contributed by atoms with Crippen molar-refractivity contribution < 1.29 is 4.74 Å². The van der Waals surface area contributed by atoms with E-state index >= 15 is 0 Å². The maximum absolute atomic E-state index is 5.79. The highest BCUT2D eigenvalue weighted by Crippen LogP contribution is 2.22. The molecule has 0 aliphatic rings. The van der Waals surface area contributed by atoms with Crippen LogP contribution in [0.25, 0.3) is 0 Å². The number of ether oxygens (including phenoxy) is 1. The van der Waals surface area contributed by atoms with Gasteiger partial charge in [0.05, 0.1) is 6.61 Å². The van der Waals surface area contributed by atoms with Crippen molar-refractivity contribution in [2.45, 2.75) is 53.5 Å². The van der Waals surface area contributed by atoms with Gasteiger partial charge in [0.1, 0.15) is 5.75 Å². The lowest BCUT2D eigenvalue weighted by molar-refractivity contribution is 0.243. The first-order chi connectivity index (χ1) is 8.96. The second-order valence-electron chi connectivity index (χ2n) is 6.25. The molecule has 0 aromatic heterocycles. The summed E-state index contributed by atoms with van der Waals surface area (Å²) in [5.74, 6) is 0.972. The summed E-state index contributed by atoms with van der Waals surface area (Å²) >= 11 is 0. The fraction of sp³-hybridized carbons (Fsp3) is 0.647. The van der Waals surface area contributed by atoms with Gasteiger partial charge in [0, 0.05) is 6.04 Å². The van der Waals surface area contributed by atoms with E-state index in [1.807, 2.05) is 0 Å². The van der Waals surface area contributed by atoms with Gasteiger partial charge >= 0.3 is 0 Å². The Hall–Kier alpha value is -1.02. The van der Waals surface area contributed by atoms with E-state index in [1.54, 1.807) is 0 Å². The van der Waals surface area contributed by atoms with Crippen molar-refractivity contribution >= 4 is 0 Å². The zero-order valence-corrected chi connectivity index (χ0v) is 13.1. The Morgan fingerprint density at radius 1 is 1.11 bits per heavy atom. The molecule has 1 N–H and O–H groups in total. The lowest BCUT2D eigenvalue weighted by Gasteiger charge is -2.19. The van der Waals surface area contributed by atoms with Crippen LogP contribution in [0.15, 0.2) is 24.3 Å². The maximum atomic E-state index is 5.79. The topological polar surface area (TPSA) is 21.3 Å². The molecule has 0 bridgehead atoms. The summed E-state index contributed by atoms with van der Waals surface area (Å²) in [6, 6.07) is 8.95. The van der Waals surface area contributed by atoms with Crippen molar-refractivity contribution in [2.24, 2.45) is 5.41 Å². The Morgan fingerprint density at radius 3 is 2.21 bits per heavy atom. The molecule has 19 heavy (non-hydrogen) atoms. The van der Waals surface area contributed by atoms with Gasteiger partial charge < -0.3 is 10.1 Å². The van der Waals surface area contributed by atoms with Crippen molar-refractivity contribution in [3.05, 3.63) is 29.8 Å². The summed E-state index contributed by atoms with van der Waals surface area (Å²) in [4.78, 5) is 0. The van der Waals surface area contributed by atoms with Crippen molar-refractivity contribution in [3.8, 4) is 5.75 Å². The summed E-state index contributed by atoms with van der Waals surface area (Å²) in [6.45, 7) is 12.9. The first-order valence-corrected chi connectivity index (χ1v) is 7.42. The summed E-state index contributed by atoms with van der Waals surface area (Å²) in [6.07, 6.45) is 2.18. The van der Waals surface area contributed by atoms with Crippen LogP contribution >= 0.6 is 0 Å². The third kappa shape index (κ3) is 6.11. The molecule has 0 radical (unpaired) electrons. The molecule has 0 aliphatic heterocycles. The predicted molar refractivity (Wildman–Crippen MR) is 82.7 cm³/mol. The third-order valence-electron chi connectivity index (χ3n) is 3.26. The van der Waals surface area contributed by atoms with Crippen LogP contribution in [0.2, 0.25) is 0 Å². The molecule has 1 rings (SSSR count). The van der Waals surface area contributed by atoms with E-state index in [0.29, 0.717) is 11.5 Å². The third-order valence-corrected chi connectivity index (χ3v) is 3.26. The number of hydrogen-bond donors (Lipinski definition) is 1. The minimum absolute atomic E-state index is 0.332. The summed E-state index contributed by atoms with van der Waals surface area (Å²) in [5, 5.41) is 3.49. The average Bonchev–Trinajstić information content (AvgIpc) is 2.35. The van der Waals surface area contributed by atoms with Crippen LogP contribution in [0.4, 0.5) is 0 Å². The molecule has 1 atom stereocenters. The van der Waals surface area contributed by atoms with Crippen LogP contribution < -0.4 is 10.1 Å². The first-order valence-electron chi connectivity index (χ1n) is 7.42. The average molecular weight is 263 g/mol. The van der Waals surface area contributed by atoms with Gasteiger partial charge in [-0.3, -0.25) is 0 Å². The minimum atomic E-state index is 0.332. The van der Waals surface area contributed by atoms with Crippen molar-refractivity contribution in [1.82, 2.24) is 5.32 Å². The molecule has 108 valence electrons. The molecular weight excluding hydrogens is 234 g/mol. The lowest BCUT2D eigenvalue weighted by Crippen LogP contribution is -2.19. The van der Waals surface area contributed by atoms with Crippen LogP contribution in [0.5, 0.6) is 5.75 Å². The number of benzene rings is 1. The minimum Gasteiger partial charge on any atom is -0.494 e. The van der Waals surface area contributed by atoms with E-state index in [9.17, 15) is 0 Å². The van der Waals surface area contributed by atoms with Gasteiger partial charge in [-0.2, -0.15) is 0 Å². The highest BCUT2D eigenvalue weighted by atomic mass is 16.5. The molecule has 0 saturated carbocycles. The Morgan fingerprint density at radius 2 is 1.74 bits per heavy atom. The monoisotopic (exact) mass is 263 g/mol. The van der Waals surface area contributed by atoms with Crippen LogP contribution in [0.3, 0.4) is 0 Å². The second-order valence-corrected chi connectivity index (χ2v) is 6.25. The summed E-state index contributed by atoms with van der Waals surface area (Å²) < 4.78 is 5.79. The molecule has 0 spiro atoms. The Balaban J connectivity index is 2.51. The number of rotatable bonds is 7. The Kier molecular flexibility index (Phi) is 6.36. The van der Waals surface area contributed by atoms with Gasteiger partial charge in [-0.15, -0.1) is 0 Å². The fourth-order valence-corrected chi connectivity index (χ4v) is 2.02. The largest absolute Gasteiger partial charge is 0.494 e. The van der Waals surface area contributed by atoms with Gasteiger partial charge in [0.15, 0.2) is 0 Å². The Labute approximate surface area is 118 Å². The molecule has 0 saturated heterocycles. The smallest absolute Gasteiger partial charge is 0.119 e. The zero-order valence-electron chi connectivity index (χ0n) is 13.1. The number of nitrogens with one attached hydrogen (secondary N) is 1. The molecule has 0 amide bonds. The molecule has 0 aliphatic carbocycles. The first kappa shape index (κ1) is 16.0. The standard InChI is InChI=1S/C17H29NO/c1-6-16(18-7-2)14-8-10-15(11-9-14)19-13-12-17(3,4)5/h8-11,16,18H,6-7,12-13H2,1-5H3. The maximum Gasteiger partial charge on any atom is 0.119 e. The van der Waals surface area contributed by atoms with Gasteiger partial charge in [0.25, 0.3) is 0 Å². The van der Waals surface area contributed by atoms with E-state index in [-0.39, 0.29) is 0 Å². The van der Waals surface area contributed by atoms with Crippen LogP contribution in [-0.2, 0) is 0 Å². The van der Waals surface area contributed by atoms with Crippen molar-refractivity contribution in [3.63, 3.8) is 0 Å². The van der Waals surface area contributed by atoms with Crippen LogP contribution in [0.1, 0.15) is 59.1 Å². The second kappa shape index (κ2) is 7.54.